The number of nitrogens with one attached hydrogen (secondary N) is 1. The Labute approximate surface area is 113 Å². The molecule has 0 bridgehead atoms. The van der Waals surface area contributed by atoms with Crippen LogP contribution in [0, 0.1) is 24.7 Å². The maximum Gasteiger partial charge on any atom is 0.229 e. The topological polar surface area (TPSA) is 64.3 Å². The summed E-state index contributed by atoms with van der Waals surface area (Å²) in [6.07, 6.45) is 0.779. The summed E-state index contributed by atoms with van der Waals surface area (Å²) in [5, 5.41) is 2.94. The van der Waals surface area contributed by atoms with E-state index in [1.807, 2.05) is 25.1 Å². The van der Waals surface area contributed by atoms with Crippen LogP contribution < -0.4 is 11.1 Å². The first-order valence-electron chi connectivity index (χ1n) is 6.39. The van der Waals surface area contributed by atoms with Crippen molar-refractivity contribution in [2.75, 3.05) is 25.1 Å². The summed E-state index contributed by atoms with van der Waals surface area (Å²) in [6.45, 7) is 3.44. The minimum Gasteiger partial charge on any atom is -0.381 e. The third kappa shape index (κ3) is 3.57. The van der Waals surface area contributed by atoms with E-state index in [0.717, 1.165) is 23.2 Å². The van der Waals surface area contributed by atoms with Crippen LogP contribution in [0.5, 0.6) is 0 Å². The van der Waals surface area contributed by atoms with Gasteiger partial charge in [0, 0.05) is 12.2 Å². The first-order chi connectivity index (χ1) is 9.20. The molecule has 4 heteroatoms. The highest BCUT2D eigenvalue weighted by atomic mass is 16.5. The Morgan fingerprint density at radius 3 is 3.11 bits per heavy atom. The predicted molar refractivity (Wildman–Crippen MR) is 74.7 cm³/mol. The molecular weight excluding hydrogens is 240 g/mol. The highest BCUT2D eigenvalue weighted by Crippen LogP contribution is 2.20. The van der Waals surface area contributed by atoms with Crippen LogP contribution in [0.15, 0.2) is 18.2 Å². The van der Waals surface area contributed by atoms with Crippen LogP contribution in [0.3, 0.4) is 0 Å². The second-order valence-electron chi connectivity index (χ2n) is 4.60. The summed E-state index contributed by atoms with van der Waals surface area (Å²) in [6, 6.07) is 5.79. The summed E-state index contributed by atoms with van der Waals surface area (Å²) in [4.78, 5) is 12.1. The molecule has 0 aromatic heterocycles. The molecule has 1 atom stereocenters. The van der Waals surface area contributed by atoms with Gasteiger partial charge in [0.05, 0.1) is 24.8 Å². The van der Waals surface area contributed by atoms with Crippen molar-refractivity contribution in [1.29, 1.82) is 0 Å². The van der Waals surface area contributed by atoms with Crippen LogP contribution >= 0.6 is 0 Å². The lowest BCUT2D eigenvalue weighted by Gasteiger charge is -2.11. The zero-order valence-corrected chi connectivity index (χ0v) is 11.0. The van der Waals surface area contributed by atoms with Crippen molar-refractivity contribution in [1.82, 2.24) is 0 Å². The van der Waals surface area contributed by atoms with Gasteiger partial charge in [-0.05, 0) is 31.0 Å². The normalized spacial score (nSPS) is 17.7. The van der Waals surface area contributed by atoms with Crippen molar-refractivity contribution in [3.63, 3.8) is 0 Å². The molecule has 4 nitrogen and oxygen atoms in total. The van der Waals surface area contributed by atoms with Gasteiger partial charge in [-0.15, -0.1) is 0 Å². The van der Waals surface area contributed by atoms with E-state index in [-0.39, 0.29) is 11.8 Å². The van der Waals surface area contributed by atoms with Crippen LogP contribution in [-0.4, -0.2) is 25.7 Å². The number of carbonyl (C=O) groups is 1. The molecule has 1 unspecified atom stereocenters. The largest absolute Gasteiger partial charge is 0.381 e. The number of hydrogen-bond donors (Lipinski definition) is 2. The Balaban J connectivity index is 2.17. The van der Waals surface area contributed by atoms with Gasteiger partial charge in [-0.25, -0.2) is 0 Å². The molecule has 3 N–H and O–H groups in total. The fraction of sp³-hybridized carbons (Fsp3) is 0.400. The number of aryl methyl sites for hydroxylation is 1. The minimum atomic E-state index is -0.0594. The van der Waals surface area contributed by atoms with Gasteiger partial charge >= 0.3 is 0 Å². The molecule has 100 valence electrons. The molecule has 1 amide bonds. The zero-order valence-electron chi connectivity index (χ0n) is 11.0. The van der Waals surface area contributed by atoms with Crippen molar-refractivity contribution in [2.24, 2.45) is 11.7 Å². The maximum atomic E-state index is 12.1. The van der Waals surface area contributed by atoms with Gasteiger partial charge in [0.15, 0.2) is 0 Å². The Morgan fingerprint density at radius 1 is 1.58 bits per heavy atom. The molecule has 1 fully saturated rings. The predicted octanol–water partition coefficient (Wildman–Crippen LogP) is 1.28. The van der Waals surface area contributed by atoms with Crippen LogP contribution in [0.2, 0.25) is 0 Å². The molecule has 1 aromatic carbocycles. The van der Waals surface area contributed by atoms with E-state index in [9.17, 15) is 4.79 Å². The van der Waals surface area contributed by atoms with Crippen molar-refractivity contribution < 1.29 is 9.53 Å². The van der Waals surface area contributed by atoms with Crippen molar-refractivity contribution in [2.45, 2.75) is 13.3 Å². The molecule has 1 aliphatic rings. The Kier molecular flexibility index (Phi) is 4.56. The van der Waals surface area contributed by atoms with Crippen LogP contribution in [0.4, 0.5) is 5.69 Å². The number of nitrogens with two attached hydrogens (primary N) is 1. The molecule has 0 radical (unpaired) electrons. The second-order valence-corrected chi connectivity index (χ2v) is 4.60. The Hall–Kier alpha value is -1.83. The molecule has 0 spiro atoms. The van der Waals surface area contributed by atoms with Crippen molar-refractivity contribution in [3.8, 4) is 11.8 Å². The second kappa shape index (κ2) is 6.37. The van der Waals surface area contributed by atoms with Crippen LogP contribution in [0.25, 0.3) is 0 Å². The molecule has 2 rings (SSSR count). The van der Waals surface area contributed by atoms with Crippen LogP contribution in [-0.2, 0) is 9.53 Å². The van der Waals surface area contributed by atoms with Gasteiger partial charge in [-0.2, -0.15) is 0 Å². The number of ether oxygens (including phenoxy) is 1. The number of hydrogen-bond acceptors (Lipinski definition) is 3. The van der Waals surface area contributed by atoms with Gasteiger partial charge in [0.2, 0.25) is 5.91 Å². The van der Waals surface area contributed by atoms with Gasteiger partial charge in [0.1, 0.15) is 0 Å². The zero-order chi connectivity index (χ0) is 13.7. The van der Waals surface area contributed by atoms with E-state index in [1.165, 1.54) is 0 Å². The Bertz CT molecular complexity index is 523. The number of benzene rings is 1. The first-order valence-corrected chi connectivity index (χ1v) is 6.39. The first kappa shape index (κ1) is 13.6. The van der Waals surface area contributed by atoms with E-state index >= 15 is 0 Å². The lowest BCUT2D eigenvalue weighted by atomic mass is 10.1. The number of carbonyl (C=O) groups excluding carboxylic acids is 1. The fourth-order valence-electron chi connectivity index (χ4n) is 1.99. The molecule has 1 saturated heterocycles. The van der Waals surface area contributed by atoms with Crippen molar-refractivity contribution >= 4 is 11.6 Å². The minimum absolute atomic E-state index is 0.00102. The summed E-state index contributed by atoms with van der Waals surface area (Å²) >= 11 is 0. The summed E-state index contributed by atoms with van der Waals surface area (Å²) < 4.78 is 5.23. The fourth-order valence-corrected chi connectivity index (χ4v) is 1.99. The molecule has 1 heterocycles. The molecular formula is C15H18N2O2. The SMILES string of the molecule is Cc1ccc(C#CCN)c(NC(=O)C2CCOC2)c1. The third-order valence-electron chi connectivity index (χ3n) is 3.06. The van der Waals surface area contributed by atoms with E-state index < -0.39 is 0 Å². The number of anilines is 1. The standard InChI is InChI=1S/C15H18N2O2/c1-11-4-5-12(3-2-7-16)14(9-11)17-15(18)13-6-8-19-10-13/h4-5,9,13H,6-8,10,16H2,1H3,(H,17,18). The quantitative estimate of drug-likeness (QED) is 0.785. The van der Waals surface area contributed by atoms with Crippen molar-refractivity contribution in [3.05, 3.63) is 29.3 Å². The lowest BCUT2D eigenvalue weighted by molar-refractivity contribution is -0.119. The summed E-state index contributed by atoms with van der Waals surface area (Å²) in [7, 11) is 0. The smallest absolute Gasteiger partial charge is 0.229 e. The van der Waals surface area contributed by atoms with E-state index in [4.69, 9.17) is 10.5 Å². The summed E-state index contributed by atoms with van der Waals surface area (Å²) in [5.74, 6) is 5.72. The van der Waals surface area contributed by atoms with Gasteiger partial charge in [-0.1, -0.05) is 17.9 Å². The number of amides is 1. The monoisotopic (exact) mass is 258 g/mol. The third-order valence-corrected chi connectivity index (χ3v) is 3.06. The highest BCUT2D eigenvalue weighted by molar-refractivity contribution is 5.94. The average Bonchev–Trinajstić information content (AvgIpc) is 2.92. The highest BCUT2D eigenvalue weighted by Gasteiger charge is 2.23. The molecule has 0 aliphatic carbocycles. The van der Waals surface area contributed by atoms with Crippen LogP contribution in [0.1, 0.15) is 17.5 Å². The summed E-state index contributed by atoms with van der Waals surface area (Å²) in [5.41, 5.74) is 8.00. The Morgan fingerprint density at radius 2 is 2.42 bits per heavy atom. The van der Waals surface area contributed by atoms with Gasteiger partial charge in [0.25, 0.3) is 0 Å². The molecule has 0 saturated carbocycles. The van der Waals surface area contributed by atoms with E-state index in [2.05, 4.69) is 17.2 Å². The maximum absolute atomic E-state index is 12.1. The van der Waals surface area contributed by atoms with Gasteiger partial charge < -0.3 is 15.8 Å². The van der Waals surface area contributed by atoms with E-state index in [0.29, 0.717) is 19.8 Å². The van der Waals surface area contributed by atoms with Gasteiger partial charge in [-0.3, -0.25) is 4.79 Å². The molecule has 19 heavy (non-hydrogen) atoms. The lowest BCUT2D eigenvalue weighted by Crippen LogP contribution is -2.23. The number of rotatable bonds is 2. The average molecular weight is 258 g/mol. The van der Waals surface area contributed by atoms with E-state index in [1.54, 1.807) is 0 Å². The molecule has 1 aromatic rings. The molecule has 1 aliphatic heterocycles.